The molecule has 0 fully saturated rings. The van der Waals surface area contributed by atoms with Gasteiger partial charge in [0.1, 0.15) is 0 Å². The van der Waals surface area contributed by atoms with Crippen LogP contribution in [0.1, 0.15) is 5.56 Å². The maximum absolute atomic E-state index is 6.00. The van der Waals surface area contributed by atoms with Gasteiger partial charge in [-0.2, -0.15) is 0 Å². The second-order valence-electron chi connectivity index (χ2n) is 5.81. The molecule has 0 spiro atoms. The van der Waals surface area contributed by atoms with E-state index in [1.54, 1.807) is 12.4 Å². The Labute approximate surface area is 165 Å². The van der Waals surface area contributed by atoms with E-state index in [0.717, 1.165) is 16.9 Å². The van der Waals surface area contributed by atoms with Crippen molar-refractivity contribution in [1.82, 2.24) is 10.3 Å². The van der Waals surface area contributed by atoms with Crippen LogP contribution in [0.25, 0.3) is 0 Å². The molecule has 0 aliphatic heterocycles. The Balaban J connectivity index is 1.50. The van der Waals surface area contributed by atoms with Gasteiger partial charge in [-0.25, -0.2) is 5.06 Å². The summed E-state index contributed by atoms with van der Waals surface area (Å²) < 4.78 is 0. The average Bonchev–Trinajstić information content (AvgIpc) is 2.72. The van der Waals surface area contributed by atoms with Gasteiger partial charge in [0.25, 0.3) is 0 Å². The van der Waals surface area contributed by atoms with Gasteiger partial charge < -0.3 is 10.6 Å². The number of nitrogens with zero attached hydrogens (tertiary/aromatic N) is 2. The van der Waals surface area contributed by atoms with Gasteiger partial charge in [0.15, 0.2) is 5.11 Å². The van der Waals surface area contributed by atoms with E-state index in [1.165, 1.54) is 0 Å². The number of benzene rings is 2. The molecule has 3 aromatic rings. The van der Waals surface area contributed by atoms with Crippen molar-refractivity contribution in [2.75, 3.05) is 23.5 Å². The first kappa shape index (κ1) is 18.8. The highest BCUT2D eigenvalue weighted by molar-refractivity contribution is 7.80. The summed E-state index contributed by atoms with van der Waals surface area (Å²) >= 11 is 5.32. The number of rotatable bonds is 8. The highest BCUT2D eigenvalue weighted by Crippen LogP contribution is 2.16. The molecule has 0 aliphatic rings. The minimum atomic E-state index is 0.483. The molecule has 0 saturated heterocycles. The van der Waals surface area contributed by atoms with E-state index in [4.69, 9.17) is 17.1 Å². The lowest BCUT2D eigenvalue weighted by Gasteiger charge is -2.24. The van der Waals surface area contributed by atoms with Gasteiger partial charge in [-0.1, -0.05) is 36.4 Å². The molecule has 0 saturated carbocycles. The van der Waals surface area contributed by atoms with E-state index < -0.39 is 0 Å². The smallest absolute Gasteiger partial charge is 0.170 e. The van der Waals surface area contributed by atoms with Crippen molar-refractivity contribution in [2.24, 2.45) is 0 Å². The van der Waals surface area contributed by atoms with Crippen LogP contribution in [-0.4, -0.2) is 23.2 Å². The molecule has 138 valence electrons. The summed E-state index contributed by atoms with van der Waals surface area (Å²) in [7, 11) is 0. The minimum Gasteiger partial charge on any atom is -0.360 e. The SMILES string of the molecule is S=C(NCCON(Cc1ccncc1)c1ccccc1)Nc1ccccc1. The van der Waals surface area contributed by atoms with Crippen LogP contribution in [0.2, 0.25) is 0 Å². The quantitative estimate of drug-likeness (QED) is 0.351. The molecule has 0 aliphatic carbocycles. The molecular weight excluding hydrogens is 356 g/mol. The molecule has 1 aromatic heterocycles. The van der Waals surface area contributed by atoms with Gasteiger partial charge in [-0.15, -0.1) is 0 Å². The van der Waals surface area contributed by atoms with Crippen molar-refractivity contribution in [2.45, 2.75) is 6.54 Å². The number of pyridine rings is 1. The van der Waals surface area contributed by atoms with Crippen LogP contribution in [0.5, 0.6) is 0 Å². The Hall–Kier alpha value is -2.96. The number of para-hydroxylation sites is 2. The lowest BCUT2D eigenvalue weighted by Crippen LogP contribution is -2.33. The third-order valence-electron chi connectivity index (χ3n) is 3.79. The molecule has 0 unspecified atom stereocenters. The third kappa shape index (κ3) is 6.36. The first-order valence-electron chi connectivity index (χ1n) is 8.75. The summed E-state index contributed by atoms with van der Waals surface area (Å²) in [6, 6.07) is 23.8. The van der Waals surface area contributed by atoms with Crippen LogP contribution < -0.4 is 15.7 Å². The fraction of sp³-hybridized carbons (Fsp3) is 0.143. The largest absolute Gasteiger partial charge is 0.360 e. The van der Waals surface area contributed by atoms with E-state index in [-0.39, 0.29) is 0 Å². The Kier molecular flexibility index (Phi) is 7.15. The number of aromatic nitrogens is 1. The molecule has 2 N–H and O–H groups in total. The number of hydrogen-bond donors (Lipinski definition) is 2. The summed E-state index contributed by atoms with van der Waals surface area (Å²) in [6.45, 7) is 1.72. The van der Waals surface area contributed by atoms with Crippen LogP contribution in [0, 0.1) is 0 Å². The highest BCUT2D eigenvalue weighted by atomic mass is 32.1. The summed E-state index contributed by atoms with van der Waals surface area (Å²) in [5.74, 6) is 0. The van der Waals surface area contributed by atoms with Gasteiger partial charge in [0.05, 0.1) is 18.8 Å². The number of nitrogens with one attached hydrogen (secondary N) is 2. The monoisotopic (exact) mass is 378 g/mol. The molecule has 27 heavy (non-hydrogen) atoms. The third-order valence-corrected chi connectivity index (χ3v) is 4.03. The summed E-state index contributed by atoms with van der Waals surface area (Å²) in [5.41, 5.74) is 3.09. The van der Waals surface area contributed by atoms with Crippen molar-refractivity contribution in [3.05, 3.63) is 90.8 Å². The van der Waals surface area contributed by atoms with Crippen LogP contribution in [0.15, 0.2) is 85.2 Å². The molecule has 0 atom stereocenters. The fourth-order valence-electron chi connectivity index (χ4n) is 2.48. The normalized spacial score (nSPS) is 10.2. The Bertz CT molecular complexity index is 815. The van der Waals surface area contributed by atoms with Crippen molar-refractivity contribution in [1.29, 1.82) is 0 Å². The van der Waals surface area contributed by atoms with E-state index >= 15 is 0 Å². The number of anilines is 2. The number of hydroxylamine groups is 1. The van der Waals surface area contributed by atoms with Crippen molar-refractivity contribution < 1.29 is 4.84 Å². The second kappa shape index (κ2) is 10.3. The zero-order valence-corrected chi connectivity index (χ0v) is 15.7. The number of hydrogen-bond acceptors (Lipinski definition) is 4. The average molecular weight is 379 g/mol. The minimum absolute atomic E-state index is 0.483. The van der Waals surface area contributed by atoms with Crippen molar-refractivity contribution in [3.8, 4) is 0 Å². The zero-order valence-electron chi connectivity index (χ0n) is 14.9. The van der Waals surface area contributed by atoms with Gasteiger partial charge >= 0.3 is 0 Å². The fourth-order valence-corrected chi connectivity index (χ4v) is 2.70. The van der Waals surface area contributed by atoms with Gasteiger partial charge in [0.2, 0.25) is 0 Å². The molecular formula is C21H22N4OS. The molecule has 5 nitrogen and oxygen atoms in total. The summed E-state index contributed by atoms with van der Waals surface area (Å²) in [4.78, 5) is 10.1. The predicted molar refractivity (Wildman–Crippen MR) is 113 cm³/mol. The highest BCUT2D eigenvalue weighted by Gasteiger charge is 2.08. The van der Waals surface area contributed by atoms with Crippen molar-refractivity contribution in [3.63, 3.8) is 0 Å². The molecule has 6 heteroatoms. The first-order valence-corrected chi connectivity index (χ1v) is 9.16. The lowest BCUT2D eigenvalue weighted by atomic mass is 10.2. The molecule has 2 aromatic carbocycles. The molecule has 1 heterocycles. The Morgan fingerprint density at radius 2 is 1.59 bits per heavy atom. The summed E-state index contributed by atoms with van der Waals surface area (Å²) in [5, 5.41) is 8.76. The maximum Gasteiger partial charge on any atom is 0.170 e. The van der Waals surface area contributed by atoms with Crippen LogP contribution in [0.3, 0.4) is 0 Å². The second-order valence-corrected chi connectivity index (χ2v) is 6.22. The Morgan fingerprint density at radius 3 is 2.30 bits per heavy atom. The van der Waals surface area contributed by atoms with E-state index in [0.29, 0.717) is 24.8 Å². The van der Waals surface area contributed by atoms with Gasteiger partial charge in [-0.05, 0) is 54.2 Å². The zero-order chi connectivity index (χ0) is 18.7. The standard InChI is InChI=1S/C21H22N4OS/c27-21(24-19-7-3-1-4-8-19)23-15-16-26-25(20-9-5-2-6-10-20)17-18-11-13-22-14-12-18/h1-14H,15-17H2,(H2,23,24,27). The molecule has 3 rings (SSSR count). The number of thiocarbonyl (C=S) groups is 1. The van der Waals surface area contributed by atoms with Crippen LogP contribution in [-0.2, 0) is 11.4 Å². The predicted octanol–water partition coefficient (Wildman–Crippen LogP) is 4.01. The molecule has 0 bridgehead atoms. The molecule has 0 radical (unpaired) electrons. The Morgan fingerprint density at radius 1 is 0.926 bits per heavy atom. The maximum atomic E-state index is 6.00. The first-order chi connectivity index (χ1) is 13.3. The topological polar surface area (TPSA) is 49.4 Å². The van der Waals surface area contributed by atoms with E-state index in [9.17, 15) is 0 Å². The van der Waals surface area contributed by atoms with Gasteiger partial charge in [-0.3, -0.25) is 9.82 Å². The van der Waals surface area contributed by atoms with Crippen molar-refractivity contribution >= 4 is 28.7 Å². The molecule has 0 amide bonds. The van der Waals surface area contributed by atoms with Crippen LogP contribution >= 0.6 is 12.2 Å². The lowest BCUT2D eigenvalue weighted by molar-refractivity contribution is 0.109. The summed E-state index contributed by atoms with van der Waals surface area (Å²) in [6.07, 6.45) is 3.57. The van der Waals surface area contributed by atoms with Gasteiger partial charge in [0, 0.05) is 24.6 Å². The van der Waals surface area contributed by atoms with E-state index in [2.05, 4.69) is 15.6 Å². The van der Waals surface area contributed by atoms with Crippen LogP contribution in [0.4, 0.5) is 11.4 Å². The van der Waals surface area contributed by atoms with E-state index in [1.807, 2.05) is 77.9 Å².